The number of rotatable bonds is 6. The van der Waals surface area contributed by atoms with E-state index in [2.05, 4.69) is 32.4 Å². The van der Waals surface area contributed by atoms with Crippen LogP contribution >= 0.6 is 0 Å². The largest absolute Gasteiger partial charge is 0.396 e. The third kappa shape index (κ3) is 3.00. The summed E-state index contributed by atoms with van der Waals surface area (Å²) in [4.78, 5) is 0.300. The molecule has 0 aliphatic heterocycles. The predicted octanol–water partition coefficient (Wildman–Crippen LogP) is 2.32. The Morgan fingerprint density at radius 3 is 2.05 bits per heavy atom. The van der Waals surface area contributed by atoms with Crippen molar-refractivity contribution in [3.63, 3.8) is 0 Å². The summed E-state index contributed by atoms with van der Waals surface area (Å²) in [5.41, 5.74) is 0.984. The highest BCUT2D eigenvalue weighted by molar-refractivity contribution is 7.89. The summed E-state index contributed by atoms with van der Waals surface area (Å²) < 4.78 is 27.7. The third-order valence-corrected chi connectivity index (χ3v) is 6.59. The monoisotopic (exact) mass is 311 g/mol. The van der Waals surface area contributed by atoms with Gasteiger partial charge in [-0.15, -0.1) is 0 Å². The van der Waals surface area contributed by atoms with E-state index in [1.54, 1.807) is 12.1 Å². The van der Waals surface area contributed by atoms with Crippen LogP contribution in [0.25, 0.3) is 0 Å². The number of hydrogen-bond donors (Lipinski definition) is 2. The van der Waals surface area contributed by atoms with Gasteiger partial charge < -0.3 is 5.11 Å². The van der Waals surface area contributed by atoms with Crippen LogP contribution in [0, 0.1) is 10.8 Å². The Bertz CT molecular complexity index is 589. The molecule has 0 unspecified atom stereocenters. The summed E-state index contributed by atoms with van der Waals surface area (Å²) in [7, 11) is -3.48. The van der Waals surface area contributed by atoms with E-state index in [0.717, 1.165) is 12.0 Å². The first-order valence-electron chi connectivity index (χ1n) is 7.35. The van der Waals surface area contributed by atoms with Gasteiger partial charge in [0, 0.05) is 12.6 Å². The molecule has 5 heteroatoms. The van der Waals surface area contributed by atoms with Crippen molar-refractivity contribution < 1.29 is 13.5 Å². The first-order chi connectivity index (χ1) is 9.63. The zero-order chi connectivity index (χ0) is 15.9. The minimum atomic E-state index is -3.48. The van der Waals surface area contributed by atoms with Crippen molar-refractivity contribution >= 4 is 10.0 Å². The van der Waals surface area contributed by atoms with Crippen LogP contribution in [0.4, 0.5) is 0 Å². The van der Waals surface area contributed by atoms with Crippen molar-refractivity contribution in [2.75, 3.05) is 6.61 Å². The molecular formula is C16H25NO3S. The summed E-state index contributed by atoms with van der Waals surface area (Å²) >= 11 is 0. The number of hydrogen-bond acceptors (Lipinski definition) is 3. The van der Waals surface area contributed by atoms with Gasteiger partial charge in [0.1, 0.15) is 0 Å². The molecule has 0 saturated heterocycles. The van der Waals surface area contributed by atoms with Crippen LogP contribution in [0.1, 0.15) is 39.7 Å². The van der Waals surface area contributed by atoms with E-state index in [9.17, 15) is 8.42 Å². The lowest BCUT2D eigenvalue weighted by atomic mass is 10.0. The van der Waals surface area contributed by atoms with E-state index in [1.165, 1.54) is 0 Å². The summed E-state index contributed by atoms with van der Waals surface area (Å²) in [6, 6.07) is 6.86. The maximum atomic E-state index is 12.4. The molecule has 0 bridgehead atoms. The fraction of sp³-hybridized carbons (Fsp3) is 0.625. The number of aliphatic hydroxyl groups excluding tert-OH is 1. The first-order valence-corrected chi connectivity index (χ1v) is 8.83. The lowest BCUT2D eigenvalue weighted by Crippen LogP contribution is -2.29. The average molecular weight is 311 g/mol. The van der Waals surface area contributed by atoms with E-state index in [0.29, 0.717) is 11.3 Å². The third-order valence-electron chi connectivity index (χ3n) is 5.15. The molecule has 0 amide bonds. The number of aliphatic hydroxyl groups is 1. The van der Waals surface area contributed by atoms with E-state index >= 15 is 0 Å². The fourth-order valence-corrected chi connectivity index (χ4v) is 4.36. The zero-order valence-corrected chi connectivity index (χ0v) is 14.0. The predicted molar refractivity (Wildman–Crippen MR) is 83.5 cm³/mol. The molecule has 0 spiro atoms. The lowest BCUT2D eigenvalue weighted by Gasteiger charge is -2.09. The maximum absolute atomic E-state index is 12.4. The van der Waals surface area contributed by atoms with Gasteiger partial charge in [0.15, 0.2) is 0 Å². The summed E-state index contributed by atoms with van der Waals surface area (Å²) in [5, 5.41) is 8.81. The van der Waals surface area contributed by atoms with Crippen LogP contribution in [0.5, 0.6) is 0 Å². The Kier molecular flexibility index (Phi) is 4.21. The van der Waals surface area contributed by atoms with Crippen LogP contribution in [-0.2, 0) is 16.4 Å². The molecule has 0 aromatic heterocycles. The van der Waals surface area contributed by atoms with Crippen molar-refractivity contribution in [2.24, 2.45) is 10.8 Å². The molecule has 1 aromatic carbocycles. The van der Waals surface area contributed by atoms with E-state index in [4.69, 9.17) is 5.11 Å². The van der Waals surface area contributed by atoms with E-state index < -0.39 is 10.0 Å². The molecule has 1 aliphatic carbocycles. The Morgan fingerprint density at radius 1 is 1.10 bits per heavy atom. The highest BCUT2D eigenvalue weighted by Crippen LogP contribution is 2.62. The molecular weight excluding hydrogens is 286 g/mol. The van der Waals surface area contributed by atoms with Crippen LogP contribution in [0.15, 0.2) is 29.2 Å². The maximum Gasteiger partial charge on any atom is 0.240 e. The molecule has 21 heavy (non-hydrogen) atoms. The van der Waals surface area contributed by atoms with E-state index in [-0.39, 0.29) is 23.5 Å². The van der Waals surface area contributed by atoms with Crippen LogP contribution in [0.3, 0.4) is 0 Å². The van der Waals surface area contributed by atoms with Gasteiger partial charge in [-0.25, -0.2) is 13.1 Å². The summed E-state index contributed by atoms with van der Waals surface area (Å²) in [6.07, 6.45) is 1.45. The second-order valence-corrected chi connectivity index (χ2v) is 8.68. The minimum absolute atomic E-state index is 0.0267. The molecule has 0 heterocycles. The Balaban J connectivity index is 2.10. The van der Waals surface area contributed by atoms with Gasteiger partial charge in [0.2, 0.25) is 10.0 Å². The van der Waals surface area contributed by atoms with Crippen LogP contribution in [0.2, 0.25) is 0 Å². The number of sulfonamides is 1. The molecule has 118 valence electrons. The Morgan fingerprint density at radius 2 is 1.62 bits per heavy atom. The highest BCUT2D eigenvalue weighted by atomic mass is 32.2. The number of aryl methyl sites for hydroxylation is 1. The van der Waals surface area contributed by atoms with Gasteiger partial charge in [-0.3, -0.25) is 0 Å². The van der Waals surface area contributed by atoms with Gasteiger partial charge >= 0.3 is 0 Å². The molecule has 1 fully saturated rings. The molecule has 2 rings (SSSR count). The Hall–Kier alpha value is -0.910. The molecule has 2 N–H and O–H groups in total. The first kappa shape index (κ1) is 16.5. The quantitative estimate of drug-likeness (QED) is 0.847. The highest BCUT2D eigenvalue weighted by Gasteiger charge is 2.65. The smallest absolute Gasteiger partial charge is 0.240 e. The van der Waals surface area contributed by atoms with Crippen LogP contribution < -0.4 is 4.72 Å². The van der Waals surface area contributed by atoms with Crippen molar-refractivity contribution in [2.45, 2.75) is 51.5 Å². The van der Waals surface area contributed by atoms with Gasteiger partial charge in [0.25, 0.3) is 0 Å². The number of nitrogens with one attached hydrogen (secondary N) is 1. The van der Waals surface area contributed by atoms with Gasteiger partial charge in [-0.05, 0) is 41.4 Å². The molecule has 1 aromatic rings. The van der Waals surface area contributed by atoms with E-state index in [1.807, 2.05) is 12.1 Å². The molecule has 1 saturated carbocycles. The van der Waals surface area contributed by atoms with Crippen molar-refractivity contribution in [1.29, 1.82) is 0 Å². The molecule has 4 nitrogen and oxygen atoms in total. The molecule has 0 atom stereocenters. The standard InChI is InChI=1S/C16H25NO3S/c1-15(2)14(16(15,3)4)17-21(19,20)13-9-7-12(8-10-13)6-5-11-18/h7-10,14,17-18H,5-6,11H2,1-4H3. The number of benzene rings is 1. The summed E-state index contributed by atoms with van der Waals surface area (Å²) in [5.74, 6) is 0. The van der Waals surface area contributed by atoms with Gasteiger partial charge in [0.05, 0.1) is 4.90 Å². The normalized spacial score (nSPS) is 20.4. The van der Waals surface area contributed by atoms with Crippen molar-refractivity contribution in [3.05, 3.63) is 29.8 Å². The summed E-state index contributed by atoms with van der Waals surface area (Å²) in [6.45, 7) is 8.47. The second kappa shape index (κ2) is 5.38. The van der Waals surface area contributed by atoms with Gasteiger partial charge in [-0.2, -0.15) is 0 Å². The zero-order valence-electron chi connectivity index (χ0n) is 13.2. The van der Waals surface area contributed by atoms with Gasteiger partial charge in [-0.1, -0.05) is 39.8 Å². The lowest BCUT2D eigenvalue weighted by molar-refractivity contribution is 0.288. The molecule has 0 radical (unpaired) electrons. The van der Waals surface area contributed by atoms with Crippen LogP contribution in [-0.4, -0.2) is 26.2 Å². The average Bonchev–Trinajstić information content (AvgIpc) is 2.79. The topological polar surface area (TPSA) is 66.4 Å². The van der Waals surface area contributed by atoms with Crippen molar-refractivity contribution in [3.8, 4) is 0 Å². The minimum Gasteiger partial charge on any atom is -0.396 e. The molecule has 1 aliphatic rings. The fourth-order valence-electron chi connectivity index (χ4n) is 2.83. The second-order valence-electron chi connectivity index (χ2n) is 6.97. The Labute approximate surface area is 127 Å². The SMILES string of the molecule is CC1(C)C(NS(=O)(=O)c2ccc(CCCO)cc2)C1(C)C. The van der Waals surface area contributed by atoms with Crippen molar-refractivity contribution in [1.82, 2.24) is 4.72 Å².